The fraction of sp³-hybridized carbons (Fsp3) is 0.154. The Hall–Kier alpha value is -3.86. The molecule has 3 aromatic rings. The number of para-hydroxylation sites is 1. The van der Waals surface area contributed by atoms with E-state index in [-0.39, 0.29) is 5.91 Å². The van der Waals surface area contributed by atoms with Gasteiger partial charge in [0.05, 0.1) is 6.61 Å². The van der Waals surface area contributed by atoms with E-state index in [9.17, 15) is 9.59 Å². The summed E-state index contributed by atoms with van der Waals surface area (Å²) in [6.07, 6.45) is 5.15. The van der Waals surface area contributed by atoms with Gasteiger partial charge in [-0.05, 0) is 66.6 Å². The average molecular weight is 415 g/mol. The van der Waals surface area contributed by atoms with Gasteiger partial charge in [0.2, 0.25) is 0 Å². The highest BCUT2D eigenvalue weighted by Gasteiger charge is 2.07. The van der Waals surface area contributed by atoms with Gasteiger partial charge in [-0.2, -0.15) is 0 Å². The van der Waals surface area contributed by atoms with Crippen molar-refractivity contribution in [1.82, 2.24) is 0 Å². The lowest BCUT2D eigenvalue weighted by atomic mass is 10.2. The fourth-order valence-corrected chi connectivity index (χ4v) is 2.72. The molecule has 0 saturated heterocycles. The van der Waals surface area contributed by atoms with Crippen LogP contribution in [0.3, 0.4) is 0 Å². The van der Waals surface area contributed by atoms with Crippen LogP contribution in [0.15, 0.2) is 84.9 Å². The molecule has 0 saturated carbocycles. The number of hydrogen-bond acceptors (Lipinski definition) is 4. The molecule has 3 rings (SSSR count). The number of amides is 1. The number of rotatable bonds is 9. The van der Waals surface area contributed by atoms with Gasteiger partial charge in [-0.25, -0.2) is 4.79 Å². The Morgan fingerprint density at radius 1 is 0.871 bits per heavy atom. The van der Waals surface area contributed by atoms with Crippen molar-refractivity contribution < 1.29 is 19.1 Å². The zero-order valence-corrected chi connectivity index (χ0v) is 17.4. The Bertz CT molecular complexity index is 1010. The molecule has 0 aromatic heterocycles. The maximum atomic E-state index is 12.3. The zero-order chi connectivity index (χ0) is 21.9. The Labute approximate surface area is 182 Å². The van der Waals surface area contributed by atoms with E-state index in [1.165, 1.54) is 6.08 Å². The second kappa shape index (κ2) is 11.4. The molecule has 0 spiro atoms. The molecule has 5 heteroatoms. The quantitative estimate of drug-likeness (QED) is 0.210. The molecule has 158 valence electrons. The number of carbonyl (C=O) groups excluding carboxylic acids is 2. The van der Waals surface area contributed by atoms with Crippen LogP contribution in [0.1, 0.15) is 35.7 Å². The third-order valence-corrected chi connectivity index (χ3v) is 4.43. The summed E-state index contributed by atoms with van der Waals surface area (Å²) in [5.41, 5.74) is 2.06. The monoisotopic (exact) mass is 415 g/mol. The maximum absolute atomic E-state index is 12.3. The predicted octanol–water partition coefficient (Wildman–Crippen LogP) is 5.74. The number of esters is 1. The van der Waals surface area contributed by atoms with Crippen LogP contribution in [0.25, 0.3) is 6.08 Å². The van der Waals surface area contributed by atoms with E-state index in [0.29, 0.717) is 23.6 Å². The number of ether oxygens (including phenoxy) is 2. The van der Waals surface area contributed by atoms with Crippen LogP contribution >= 0.6 is 0 Å². The van der Waals surface area contributed by atoms with E-state index >= 15 is 0 Å². The molecule has 5 nitrogen and oxygen atoms in total. The first-order chi connectivity index (χ1) is 15.1. The van der Waals surface area contributed by atoms with Gasteiger partial charge in [0.1, 0.15) is 11.5 Å². The highest BCUT2D eigenvalue weighted by molar-refractivity contribution is 6.04. The van der Waals surface area contributed by atoms with Gasteiger partial charge in [-0.3, -0.25) is 4.79 Å². The van der Waals surface area contributed by atoms with Gasteiger partial charge in [-0.15, -0.1) is 0 Å². The van der Waals surface area contributed by atoms with Crippen LogP contribution in [0.2, 0.25) is 0 Å². The van der Waals surface area contributed by atoms with Gasteiger partial charge in [0, 0.05) is 17.3 Å². The Morgan fingerprint density at radius 3 is 2.23 bits per heavy atom. The van der Waals surface area contributed by atoms with Crippen molar-refractivity contribution in [2.45, 2.75) is 19.8 Å². The van der Waals surface area contributed by atoms with E-state index in [0.717, 1.165) is 24.2 Å². The summed E-state index contributed by atoms with van der Waals surface area (Å²) >= 11 is 0. The molecule has 0 heterocycles. The molecule has 0 fully saturated rings. The minimum atomic E-state index is -0.496. The largest absolute Gasteiger partial charge is 0.494 e. The van der Waals surface area contributed by atoms with Crippen molar-refractivity contribution in [3.05, 3.63) is 96.1 Å². The van der Waals surface area contributed by atoms with Crippen molar-refractivity contribution >= 4 is 23.6 Å². The number of nitrogens with one attached hydrogen (secondary N) is 1. The topological polar surface area (TPSA) is 64.6 Å². The Morgan fingerprint density at radius 2 is 1.55 bits per heavy atom. The number of unbranched alkanes of at least 4 members (excludes halogenated alkanes) is 1. The summed E-state index contributed by atoms with van der Waals surface area (Å²) in [7, 11) is 0. The standard InChI is InChI=1S/C26H25NO4/c1-2-3-19-30-23-14-9-20(10-15-23)11-18-25(28)31-24-16-12-21(13-17-24)26(29)27-22-7-5-4-6-8-22/h4-18H,2-3,19H2,1H3,(H,27,29)/b18-11+. The van der Waals surface area contributed by atoms with Gasteiger partial charge < -0.3 is 14.8 Å². The van der Waals surface area contributed by atoms with Crippen molar-refractivity contribution in [3.8, 4) is 11.5 Å². The molecule has 0 aliphatic carbocycles. The molecular weight excluding hydrogens is 390 g/mol. The number of anilines is 1. The van der Waals surface area contributed by atoms with E-state index in [1.807, 2.05) is 54.6 Å². The van der Waals surface area contributed by atoms with Crippen LogP contribution in [-0.4, -0.2) is 18.5 Å². The molecule has 3 aromatic carbocycles. The molecule has 1 amide bonds. The molecule has 31 heavy (non-hydrogen) atoms. The first kappa shape index (κ1) is 21.8. The summed E-state index contributed by atoms with van der Waals surface area (Å²) in [6.45, 7) is 2.82. The van der Waals surface area contributed by atoms with Gasteiger partial charge >= 0.3 is 5.97 Å². The second-order valence-corrected chi connectivity index (χ2v) is 6.87. The summed E-state index contributed by atoms with van der Waals surface area (Å²) in [6, 6.07) is 23.1. The smallest absolute Gasteiger partial charge is 0.336 e. The van der Waals surface area contributed by atoms with E-state index in [4.69, 9.17) is 9.47 Å². The lowest BCUT2D eigenvalue weighted by molar-refractivity contribution is -0.128. The summed E-state index contributed by atoms with van der Waals surface area (Å²) in [5, 5.41) is 2.81. The Kier molecular flexibility index (Phi) is 8.00. The minimum Gasteiger partial charge on any atom is -0.494 e. The van der Waals surface area contributed by atoms with Crippen LogP contribution in [0.5, 0.6) is 11.5 Å². The molecule has 0 bridgehead atoms. The third-order valence-electron chi connectivity index (χ3n) is 4.43. The van der Waals surface area contributed by atoms with Crippen molar-refractivity contribution in [1.29, 1.82) is 0 Å². The SMILES string of the molecule is CCCCOc1ccc(/C=C/C(=O)Oc2ccc(C(=O)Nc3ccccc3)cc2)cc1. The van der Waals surface area contributed by atoms with Crippen molar-refractivity contribution in [2.75, 3.05) is 11.9 Å². The highest BCUT2D eigenvalue weighted by atomic mass is 16.5. The molecular formula is C26H25NO4. The fourth-order valence-electron chi connectivity index (χ4n) is 2.72. The highest BCUT2D eigenvalue weighted by Crippen LogP contribution is 2.16. The Balaban J connectivity index is 1.50. The van der Waals surface area contributed by atoms with E-state index in [1.54, 1.807) is 30.3 Å². The number of hydrogen-bond donors (Lipinski definition) is 1. The molecule has 0 aliphatic heterocycles. The predicted molar refractivity (Wildman–Crippen MR) is 122 cm³/mol. The summed E-state index contributed by atoms with van der Waals surface area (Å²) in [4.78, 5) is 24.3. The van der Waals surface area contributed by atoms with Crippen LogP contribution in [0, 0.1) is 0 Å². The molecule has 0 unspecified atom stereocenters. The van der Waals surface area contributed by atoms with Crippen molar-refractivity contribution in [2.24, 2.45) is 0 Å². The lowest BCUT2D eigenvalue weighted by Gasteiger charge is -2.06. The number of carbonyl (C=O) groups is 2. The maximum Gasteiger partial charge on any atom is 0.336 e. The van der Waals surface area contributed by atoms with Crippen LogP contribution < -0.4 is 14.8 Å². The van der Waals surface area contributed by atoms with E-state index in [2.05, 4.69) is 12.2 Å². The third kappa shape index (κ3) is 7.16. The molecule has 0 radical (unpaired) electrons. The van der Waals surface area contributed by atoms with Crippen molar-refractivity contribution in [3.63, 3.8) is 0 Å². The molecule has 0 aliphatic rings. The summed E-state index contributed by atoms with van der Waals surface area (Å²) < 4.78 is 10.9. The number of benzene rings is 3. The van der Waals surface area contributed by atoms with Crippen LogP contribution in [0.4, 0.5) is 5.69 Å². The summed E-state index contributed by atoms with van der Waals surface area (Å²) in [5.74, 6) is 0.450. The van der Waals surface area contributed by atoms with E-state index < -0.39 is 5.97 Å². The van der Waals surface area contributed by atoms with Gasteiger partial charge in [-0.1, -0.05) is 43.7 Å². The van der Waals surface area contributed by atoms with Crippen LogP contribution in [-0.2, 0) is 4.79 Å². The van der Waals surface area contributed by atoms with Gasteiger partial charge in [0.25, 0.3) is 5.91 Å². The second-order valence-electron chi connectivity index (χ2n) is 6.87. The zero-order valence-electron chi connectivity index (χ0n) is 17.4. The normalized spacial score (nSPS) is 10.6. The lowest BCUT2D eigenvalue weighted by Crippen LogP contribution is -2.11. The minimum absolute atomic E-state index is 0.230. The molecule has 0 atom stereocenters. The first-order valence-electron chi connectivity index (χ1n) is 10.2. The molecule has 1 N–H and O–H groups in total. The first-order valence-corrected chi connectivity index (χ1v) is 10.2. The average Bonchev–Trinajstić information content (AvgIpc) is 2.80. The van der Waals surface area contributed by atoms with Gasteiger partial charge in [0.15, 0.2) is 0 Å².